The molecule has 3 nitrogen and oxygen atoms in total. The van der Waals surface area contributed by atoms with E-state index in [4.69, 9.17) is 0 Å². The van der Waals surface area contributed by atoms with Crippen molar-refractivity contribution >= 4 is 15.6 Å². The van der Waals surface area contributed by atoms with Crippen LogP contribution in [0.2, 0.25) is 0 Å². The van der Waals surface area contributed by atoms with Gasteiger partial charge < -0.3 is 0 Å². The van der Waals surface area contributed by atoms with Crippen molar-refractivity contribution < 1.29 is 17.6 Å². The molecule has 0 heterocycles. The minimum absolute atomic E-state index is 0.00821. The van der Waals surface area contributed by atoms with Gasteiger partial charge in [0.1, 0.15) is 11.6 Å². The first-order valence-electron chi connectivity index (χ1n) is 5.79. The second kappa shape index (κ2) is 6.09. The van der Waals surface area contributed by atoms with Gasteiger partial charge in [0.2, 0.25) is 0 Å². The molecule has 0 unspecified atom stereocenters. The van der Waals surface area contributed by atoms with Crippen LogP contribution in [0.4, 0.5) is 4.39 Å². The Bertz CT molecular complexity index is 521. The van der Waals surface area contributed by atoms with Gasteiger partial charge in [0.25, 0.3) is 0 Å². The molecule has 0 atom stereocenters. The third-order valence-corrected chi connectivity index (χ3v) is 4.06. The highest BCUT2D eigenvalue weighted by Crippen LogP contribution is 2.09. The van der Waals surface area contributed by atoms with E-state index < -0.39 is 27.2 Å². The van der Waals surface area contributed by atoms with Crippen LogP contribution in [-0.4, -0.2) is 25.7 Å². The number of hydrogen-bond donors (Lipinski definition) is 0. The van der Waals surface area contributed by atoms with Crippen LogP contribution < -0.4 is 0 Å². The molecule has 0 saturated heterocycles. The highest BCUT2D eigenvalue weighted by molar-refractivity contribution is 7.92. The molecule has 0 aromatic heterocycles. The molecule has 0 fully saturated rings. The predicted molar refractivity (Wildman–Crippen MR) is 68.8 cm³/mol. The molecule has 0 radical (unpaired) electrons. The van der Waals surface area contributed by atoms with E-state index in [0.717, 1.165) is 6.07 Å². The molecule has 0 aliphatic carbocycles. The second-order valence-corrected chi connectivity index (χ2v) is 6.89. The molecule has 0 aliphatic heterocycles. The Hall–Kier alpha value is -1.23. The molecular formula is C13H17FO3S. The normalized spacial score (nSPS) is 11.8. The van der Waals surface area contributed by atoms with Crippen molar-refractivity contribution in [3.8, 4) is 0 Å². The first-order chi connectivity index (χ1) is 8.30. The Labute approximate surface area is 107 Å². The molecule has 100 valence electrons. The number of sulfone groups is 1. The monoisotopic (exact) mass is 272 g/mol. The lowest BCUT2D eigenvalue weighted by Gasteiger charge is -2.06. The third kappa shape index (κ3) is 4.96. The van der Waals surface area contributed by atoms with Crippen LogP contribution in [0.5, 0.6) is 0 Å². The molecule has 1 rings (SSSR count). The van der Waals surface area contributed by atoms with Crippen LogP contribution in [0.25, 0.3) is 0 Å². The molecule has 18 heavy (non-hydrogen) atoms. The zero-order chi connectivity index (χ0) is 13.8. The van der Waals surface area contributed by atoms with Crippen LogP contribution >= 0.6 is 0 Å². The summed E-state index contributed by atoms with van der Waals surface area (Å²) in [6, 6.07) is 5.08. The molecule has 1 aromatic rings. The number of halogens is 1. The van der Waals surface area contributed by atoms with Gasteiger partial charge in [-0.1, -0.05) is 26.0 Å². The first-order valence-corrected chi connectivity index (χ1v) is 7.61. The van der Waals surface area contributed by atoms with Crippen LogP contribution in [0.1, 0.15) is 30.6 Å². The molecule has 0 N–H and O–H groups in total. The molecule has 0 amide bonds. The van der Waals surface area contributed by atoms with Crippen molar-refractivity contribution in [1.82, 2.24) is 0 Å². The second-order valence-electron chi connectivity index (χ2n) is 4.71. The molecule has 0 saturated carbocycles. The average Bonchev–Trinajstić information content (AvgIpc) is 2.26. The van der Waals surface area contributed by atoms with E-state index >= 15 is 0 Å². The Morgan fingerprint density at radius 1 is 1.33 bits per heavy atom. The number of benzene rings is 1. The van der Waals surface area contributed by atoms with Crippen molar-refractivity contribution in [2.75, 3.05) is 11.5 Å². The van der Waals surface area contributed by atoms with Crippen molar-refractivity contribution in [2.45, 2.75) is 20.3 Å². The number of rotatable bonds is 6. The summed E-state index contributed by atoms with van der Waals surface area (Å²) in [5.41, 5.74) is 0.100. The Morgan fingerprint density at radius 2 is 2.00 bits per heavy atom. The van der Waals surface area contributed by atoms with Gasteiger partial charge in [-0.25, -0.2) is 12.8 Å². The van der Waals surface area contributed by atoms with Crippen LogP contribution in [-0.2, 0) is 9.84 Å². The fourth-order valence-electron chi connectivity index (χ4n) is 1.43. The highest BCUT2D eigenvalue weighted by atomic mass is 32.2. The SMILES string of the molecule is CC(C)CCS(=O)(=O)CC(=O)c1cccc(F)c1. The van der Waals surface area contributed by atoms with Gasteiger partial charge in [0.15, 0.2) is 15.6 Å². The summed E-state index contributed by atoms with van der Waals surface area (Å²) in [6.45, 7) is 3.84. The lowest BCUT2D eigenvalue weighted by atomic mass is 10.1. The number of Topliss-reactive ketones (excluding diaryl/α,β-unsaturated/α-hetero) is 1. The first kappa shape index (κ1) is 14.8. The maximum atomic E-state index is 12.9. The van der Waals surface area contributed by atoms with Gasteiger partial charge in [-0.05, 0) is 24.5 Å². The summed E-state index contributed by atoms with van der Waals surface area (Å²) >= 11 is 0. The van der Waals surface area contributed by atoms with E-state index in [0.29, 0.717) is 6.42 Å². The van der Waals surface area contributed by atoms with E-state index in [1.807, 2.05) is 13.8 Å². The van der Waals surface area contributed by atoms with E-state index in [-0.39, 0.29) is 17.2 Å². The summed E-state index contributed by atoms with van der Waals surface area (Å²) in [5.74, 6) is -1.39. The molecule has 5 heteroatoms. The fraction of sp³-hybridized carbons (Fsp3) is 0.462. The molecule has 0 spiro atoms. The lowest BCUT2D eigenvalue weighted by molar-refractivity contribution is 0.102. The van der Waals surface area contributed by atoms with Crippen molar-refractivity contribution in [1.29, 1.82) is 0 Å². The predicted octanol–water partition coefficient (Wildman–Crippen LogP) is 2.47. The average molecular weight is 272 g/mol. The molecule has 1 aromatic carbocycles. The van der Waals surface area contributed by atoms with Crippen LogP contribution in [0.3, 0.4) is 0 Å². The Morgan fingerprint density at radius 3 is 2.56 bits per heavy atom. The quantitative estimate of drug-likeness (QED) is 0.747. The number of ketones is 1. The smallest absolute Gasteiger partial charge is 0.177 e. The third-order valence-electron chi connectivity index (χ3n) is 2.50. The van der Waals surface area contributed by atoms with Crippen LogP contribution in [0, 0.1) is 11.7 Å². The highest BCUT2D eigenvalue weighted by Gasteiger charge is 2.18. The number of carbonyl (C=O) groups excluding carboxylic acids is 1. The van der Waals surface area contributed by atoms with E-state index in [1.165, 1.54) is 18.2 Å². The topological polar surface area (TPSA) is 51.2 Å². The zero-order valence-electron chi connectivity index (χ0n) is 10.5. The summed E-state index contributed by atoms with van der Waals surface area (Å²) < 4.78 is 36.3. The van der Waals surface area contributed by atoms with Gasteiger partial charge in [-0.2, -0.15) is 0 Å². The van der Waals surface area contributed by atoms with Gasteiger partial charge >= 0.3 is 0 Å². The Kier molecular flexibility index (Phi) is 5.02. The standard InChI is InChI=1S/C13H17FO3S/c1-10(2)6-7-18(16,17)9-13(15)11-4-3-5-12(14)8-11/h3-5,8,10H,6-7,9H2,1-2H3. The maximum Gasteiger partial charge on any atom is 0.177 e. The van der Waals surface area contributed by atoms with Crippen LogP contribution in [0.15, 0.2) is 24.3 Å². The van der Waals surface area contributed by atoms with Gasteiger partial charge in [-0.15, -0.1) is 0 Å². The lowest BCUT2D eigenvalue weighted by Crippen LogP contribution is -2.20. The number of carbonyl (C=O) groups is 1. The minimum Gasteiger partial charge on any atom is -0.293 e. The van der Waals surface area contributed by atoms with Crippen molar-refractivity contribution in [3.63, 3.8) is 0 Å². The van der Waals surface area contributed by atoms with Gasteiger partial charge in [0.05, 0.1) is 5.75 Å². The molecule has 0 aliphatic rings. The van der Waals surface area contributed by atoms with E-state index in [9.17, 15) is 17.6 Å². The molecular weight excluding hydrogens is 255 g/mol. The maximum absolute atomic E-state index is 12.9. The number of hydrogen-bond acceptors (Lipinski definition) is 3. The van der Waals surface area contributed by atoms with E-state index in [1.54, 1.807) is 0 Å². The van der Waals surface area contributed by atoms with E-state index in [2.05, 4.69) is 0 Å². The Balaban J connectivity index is 2.70. The van der Waals surface area contributed by atoms with Gasteiger partial charge in [0, 0.05) is 5.56 Å². The summed E-state index contributed by atoms with van der Waals surface area (Å²) in [5, 5.41) is 0. The zero-order valence-corrected chi connectivity index (χ0v) is 11.3. The van der Waals surface area contributed by atoms with Crippen molar-refractivity contribution in [2.24, 2.45) is 5.92 Å². The van der Waals surface area contributed by atoms with Crippen molar-refractivity contribution in [3.05, 3.63) is 35.6 Å². The van der Waals surface area contributed by atoms with Gasteiger partial charge in [-0.3, -0.25) is 4.79 Å². The largest absolute Gasteiger partial charge is 0.293 e. The summed E-state index contributed by atoms with van der Waals surface area (Å²) in [6.07, 6.45) is 0.527. The molecule has 0 bridgehead atoms. The minimum atomic E-state index is -3.41. The summed E-state index contributed by atoms with van der Waals surface area (Å²) in [7, 11) is -3.41. The fourth-order valence-corrected chi connectivity index (χ4v) is 2.97. The summed E-state index contributed by atoms with van der Waals surface area (Å²) in [4.78, 5) is 11.7.